The molecular weight excluding hydrogens is 262 g/mol. The lowest BCUT2D eigenvalue weighted by molar-refractivity contribution is 0.0667. The van der Waals surface area contributed by atoms with E-state index in [2.05, 4.69) is 13.8 Å². The Morgan fingerprint density at radius 1 is 1.25 bits per heavy atom. The Bertz CT molecular complexity index is 486. The van der Waals surface area contributed by atoms with Gasteiger partial charge in [-0.3, -0.25) is 4.79 Å². The maximum Gasteiger partial charge on any atom is 0.254 e. The van der Waals surface area contributed by atoms with Crippen molar-refractivity contribution < 1.29 is 13.6 Å². The zero-order valence-electron chi connectivity index (χ0n) is 11.8. The normalized spacial score (nSPS) is 16.8. The van der Waals surface area contributed by atoms with Gasteiger partial charge in [0.05, 0.1) is 0 Å². The van der Waals surface area contributed by atoms with Crippen LogP contribution in [0.1, 0.15) is 37.0 Å². The molecule has 0 aromatic heterocycles. The Morgan fingerprint density at radius 3 is 2.20 bits per heavy atom. The predicted molar refractivity (Wildman–Crippen MR) is 74.2 cm³/mol. The summed E-state index contributed by atoms with van der Waals surface area (Å²) in [5.41, 5.74) is 4.69. The molecule has 5 heteroatoms. The second kappa shape index (κ2) is 5.77. The van der Waals surface area contributed by atoms with Crippen LogP contribution in [-0.4, -0.2) is 23.9 Å². The molecule has 0 bridgehead atoms. The standard InChI is InChI=1S/C15H20F2N2O/c1-9(2)10-3-5-19(6-4-10)15(20)11-7-12(16)14(18)13(17)8-11/h7-10H,3-6,18H2,1-2H3. The molecule has 110 valence electrons. The van der Waals surface area contributed by atoms with E-state index in [4.69, 9.17) is 5.73 Å². The molecule has 1 aromatic carbocycles. The van der Waals surface area contributed by atoms with Crippen LogP contribution in [0.4, 0.5) is 14.5 Å². The Labute approximate surface area is 117 Å². The fourth-order valence-electron chi connectivity index (χ4n) is 2.66. The quantitative estimate of drug-likeness (QED) is 0.847. The van der Waals surface area contributed by atoms with Crippen molar-refractivity contribution in [2.45, 2.75) is 26.7 Å². The lowest BCUT2D eigenvalue weighted by atomic mass is 9.86. The number of anilines is 1. The average molecular weight is 282 g/mol. The van der Waals surface area contributed by atoms with Gasteiger partial charge in [0, 0.05) is 18.7 Å². The minimum absolute atomic E-state index is 0.0252. The number of piperidine rings is 1. The van der Waals surface area contributed by atoms with Crippen LogP contribution < -0.4 is 5.73 Å². The summed E-state index contributed by atoms with van der Waals surface area (Å²) >= 11 is 0. The number of amides is 1. The number of benzene rings is 1. The Balaban J connectivity index is 2.09. The summed E-state index contributed by atoms with van der Waals surface area (Å²) < 4.78 is 26.8. The van der Waals surface area contributed by atoms with E-state index in [9.17, 15) is 13.6 Å². The molecule has 0 aliphatic carbocycles. The molecule has 1 aromatic rings. The highest BCUT2D eigenvalue weighted by Gasteiger charge is 2.26. The first kappa shape index (κ1) is 14.8. The average Bonchev–Trinajstić information content (AvgIpc) is 2.43. The van der Waals surface area contributed by atoms with E-state index in [1.54, 1.807) is 4.90 Å². The number of hydrogen-bond donors (Lipinski definition) is 1. The molecule has 0 spiro atoms. The van der Waals surface area contributed by atoms with Crippen LogP contribution >= 0.6 is 0 Å². The van der Waals surface area contributed by atoms with Gasteiger partial charge in [-0.2, -0.15) is 0 Å². The monoisotopic (exact) mass is 282 g/mol. The van der Waals surface area contributed by atoms with Gasteiger partial charge < -0.3 is 10.6 Å². The number of carbonyl (C=O) groups excluding carboxylic acids is 1. The maximum atomic E-state index is 13.4. The number of halogens is 2. The van der Waals surface area contributed by atoms with Crippen LogP contribution in [0, 0.1) is 23.5 Å². The van der Waals surface area contributed by atoms with E-state index < -0.39 is 17.3 Å². The zero-order valence-corrected chi connectivity index (χ0v) is 11.8. The molecule has 1 fully saturated rings. The summed E-state index contributed by atoms with van der Waals surface area (Å²) in [5, 5.41) is 0. The summed E-state index contributed by atoms with van der Waals surface area (Å²) in [7, 11) is 0. The second-order valence-electron chi connectivity index (χ2n) is 5.73. The van der Waals surface area contributed by atoms with E-state index in [1.165, 1.54) is 0 Å². The van der Waals surface area contributed by atoms with Gasteiger partial charge in [0.25, 0.3) is 5.91 Å². The highest BCUT2D eigenvalue weighted by atomic mass is 19.1. The van der Waals surface area contributed by atoms with Crippen molar-refractivity contribution in [1.82, 2.24) is 4.90 Å². The van der Waals surface area contributed by atoms with E-state index >= 15 is 0 Å². The molecule has 0 atom stereocenters. The lowest BCUT2D eigenvalue weighted by Crippen LogP contribution is -2.39. The third kappa shape index (κ3) is 2.92. The zero-order chi connectivity index (χ0) is 14.9. The topological polar surface area (TPSA) is 46.3 Å². The van der Waals surface area contributed by atoms with Crippen molar-refractivity contribution in [3.63, 3.8) is 0 Å². The molecule has 0 unspecified atom stereocenters. The van der Waals surface area contributed by atoms with Crippen molar-refractivity contribution >= 4 is 11.6 Å². The van der Waals surface area contributed by atoms with Crippen molar-refractivity contribution in [3.05, 3.63) is 29.3 Å². The van der Waals surface area contributed by atoms with Crippen LogP contribution in [0.5, 0.6) is 0 Å². The van der Waals surface area contributed by atoms with E-state index in [0.717, 1.165) is 25.0 Å². The molecule has 2 N–H and O–H groups in total. The highest BCUT2D eigenvalue weighted by molar-refractivity contribution is 5.94. The van der Waals surface area contributed by atoms with Crippen molar-refractivity contribution in [2.75, 3.05) is 18.8 Å². The first-order valence-corrected chi connectivity index (χ1v) is 6.94. The molecule has 3 nitrogen and oxygen atoms in total. The molecule has 1 saturated heterocycles. The predicted octanol–water partition coefficient (Wildman–Crippen LogP) is 3.06. The van der Waals surface area contributed by atoms with Crippen LogP contribution in [0.3, 0.4) is 0 Å². The summed E-state index contributed by atoms with van der Waals surface area (Å²) in [5.74, 6) is -0.890. The van der Waals surface area contributed by atoms with Crippen molar-refractivity contribution in [3.8, 4) is 0 Å². The van der Waals surface area contributed by atoms with Gasteiger partial charge in [0.2, 0.25) is 0 Å². The number of nitrogen functional groups attached to an aromatic ring is 1. The van der Waals surface area contributed by atoms with Crippen LogP contribution in [0.25, 0.3) is 0 Å². The summed E-state index contributed by atoms with van der Waals surface area (Å²) in [6.07, 6.45) is 1.87. The van der Waals surface area contributed by atoms with Crippen LogP contribution in [0.15, 0.2) is 12.1 Å². The Morgan fingerprint density at radius 2 is 1.75 bits per heavy atom. The van der Waals surface area contributed by atoms with Crippen LogP contribution in [0.2, 0.25) is 0 Å². The van der Waals surface area contributed by atoms with Crippen LogP contribution in [-0.2, 0) is 0 Å². The SMILES string of the molecule is CC(C)C1CCN(C(=O)c2cc(F)c(N)c(F)c2)CC1. The van der Waals surface area contributed by atoms with E-state index in [1.807, 2.05) is 0 Å². The molecule has 1 amide bonds. The maximum absolute atomic E-state index is 13.4. The minimum Gasteiger partial charge on any atom is -0.394 e. The van der Waals surface area contributed by atoms with Gasteiger partial charge in [0.1, 0.15) is 17.3 Å². The minimum atomic E-state index is -0.884. The molecule has 20 heavy (non-hydrogen) atoms. The first-order valence-electron chi connectivity index (χ1n) is 6.94. The third-order valence-corrected chi connectivity index (χ3v) is 4.10. The Hall–Kier alpha value is -1.65. The van der Waals surface area contributed by atoms with E-state index in [-0.39, 0.29) is 11.5 Å². The summed E-state index contributed by atoms with van der Waals surface area (Å²) in [6.45, 7) is 5.62. The number of nitrogens with zero attached hydrogens (tertiary/aromatic N) is 1. The molecule has 0 saturated carbocycles. The second-order valence-corrected chi connectivity index (χ2v) is 5.73. The first-order chi connectivity index (χ1) is 9.40. The molecule has 0 radical (unpaired) electrons. The number of rotatable bonds is 2. The van der Waals surface area contributed by atoms with E-state index in [0.29, 0.717) is 24.9 Å². The van der Waals surface area contributed by atoms with Gasteiger partial charge in [-0.05, 0) is 36.8 Å². The Kier molecular flexibility index (Phi) is 4.26. The van der Waals surface area contributed by atoms with Gasteiger partial charge >= 0.3 is 0 Å². The highest BCUT2D eigenvalue weighted by Crippen LogP contribution is 2.26. The lowest BCUT2D eigenvalue weighted by Gasteiger charge is -2.34. The number of carbonyl (C=O) groups is 1. The molecule has 2 rings (SSSR count). The fraction of sp³-hybridized carbons (Fsp3) is 0.533. The van der Waals surface area contributed by atoms with Gasteiger partial charge in [-0.15, -0.1) is 0 Å². The number of likely N-dealkylation sites (tertiary alicyclic amines) is 1. The summed E-state index contributed by atoms with van der Waals surface area (Å²) in [4.78, 5) is 13.9. The van der Waals surface area contributed by atoms with Crippen molar-refractivity contribution in [2.24, 2.45) is 11.8 Å². The van der Waals surface area contributed by atoms with Gasteiger partial charge in [-0.1, -0.05) is 13.8 Å². The molecule has 1 heterocycles. The number of hydrogen-bond acceptors (Lipinski definition) is 2. The third-order valence-electron chi connectivity index (χ3n) is 4.10. The fourth-order valence-corrected chi connectivity index (χ4v) is 2.66. The van der Waals surface area contributed by atoms with Gasteiger partial charge in [0.15, 0.2) is 0 Å². The summed E-state index contributed by atoms with van der Waals surface area (Å²) in [6, 6.07) is 2.02. The number of nitrogens with two attached hydrogens (primary N) is 1. The van der Waals surface area contributed by atoms with Crippen molar-refractivity contribution in [1.29, 1.82) is 0 Å². The smallest absolute Gasteiger partial charge is 0.254 e. The van der Waals surface area contributed by atoms with Gasteiger partial charge in [-0.25, -0.2) is 8.78 Å². The molecular formula is C15H20F2N2O. The largest absolute Gasteiger partial charge is 0.394 e. The molecule has 1 aliphatic heterocycles. The molecule has 1 aliphatic rings.